The van der Waals surface area contributed by atoms with Crippen LogP contribution in [-0.4, -0.2) is 36.3 Å². The lowest BCUT2D eigenvalue weighted by atomic mass is 9.49. The van der Waals surface area contributed by atoms with Crippen LogP contribution in [0.2, 0.25) is 58.9 Å². The fourth-order valence-corrected chi connectivity index (χ4v) is 57.7. The van der Waals surface area contributed by atoms with E-state index in [2.05, 4.69) is 120 Å². The number of benzene rings is 2. The molecule has 1 aliphatic heterocycles. The summed E-state index contributed by atoms with van der Waals surface area (Å²) in [5, 5.41) is 0. The summed E-state index contributed by atoms with van der Waals surface area (Å²) in [5.41, 5.74) is 1.59. The summed E-state index contributed by atoms with van der Waals surface area (Å²) in [7, 11) is -8.90. The Kier molecular flexibility index (Phi) is 7.10. The first-order valence-electron chi connectivity index (χ1n) is 16.0. The number of ether oxygens (including phenoxy) is 1. The van der Waals surface area contributed by atoms with Gasteiger partial charge in [-0.2, -0.15) is 0 Å². The summed E-state index contributed by atoms with van der Waals surface area (Å²) in [5.74, 6) is 4.29. The van der Waals surface area contributed by atoms with Gasteiger partial charge in [-0.3, -0.25) is 0 Å². The molecule has 7 heteroatoms. The second-order valence-electron chi connectivity index (χ2n) is 16.8. The van der Waals surface area contributed by atoms with Crippen LogP contribution in [0.5, 0.6) is 0 Å². The summed E-state index contributed by atoms with van der Waals surface area (Å²) < 4.78 is 24.1. The van der Waals surface area contributed by atoms with Crippen LogP contribution in [0.15, 0.2) is 60.7 Å². The molecule has 0 saturated heterocycles. The molecule has 1 unspecified atom stereocenters. The molecule has 0 N–H and O–H groups in total. The maximum Gasteiger partial charge on any atom is 0.294 e. The first kappa shape index (κ1) is 29.7. The third-order valence-electron chi connectivity index (χ3n) is 10.5. The lowest BCUT2D eigenvalue weighted by Crippen LogP contribution is -2.90. The Labute approximate surface area is 252 Å². The predicted octanol–water partition coefficient (Wildman–Crippen LogP) is 9.64. The molecule has 4 saturated carbocycles. The molecule has 0 radical (unpaired) electrons. The Morgan fingerprint density at radius 1 is 0.634 bits per heavy atom. The van der Waals surface area contributed by atoms with Crippen molar-refractivity contribution in [3.8, 4) is 0 Å². The Morgan fingerprint density at radius 2 is 1.05 bits per heavy atom. The quantitative estimate of drug-likeness (QED) is 0.289. The molecule has 4 aliphatic carbocycles. The molecule has 41 heavy (non-hydrogen) atoms. The topological polar surface area (TPSA) is 27.7 Å². The molecule has 0 spiro atoms. The average Bonchev–Trinajstić information content (AvgIpc) is 2.86. The van der Waals surface area contributed by atoms with Crippen LogP contribution in [0.4, 0.5) is 0 Å². The zero-order valence-electron chi connectivity index (χ0n) is 27.0. The molecule has 0 aromatic heterocycles. The minimum atomic E-state index is -2.77. The standard InChI is InChI=1S/C34H52O3Si4/c1-38(2,3)37-34(33-23-26-20-27(24-33)22-28(21-26)25-33)35-31(29-16-12-10-13-17-29)32(30-18-14-11-15-19-30)36-41(34,39(4,5)6)40(7,8)9/h10-19,26-28H,20-25H2,1-9H3. The number of hydrogen-bond acceptors (Lipinski definition) is 3. The van der Waals surface area contributed by atoms with Crippen molar-refractivity contribution >= 4 is 42.4 Å². The van der Waals surface area contributed by atoms with E-state index in [9.17, 15) is 0 Å². The Bertz CT molecular complexity index is 1250. The molecular weight excluding hydrogens is 569 g/mol. The van der Waals surface area contributed by atoms with E-state index >= 15 is 0 Å². The van der Waals surface area contributed by atoms with Crippen molar-refractivity contribution in [2.45, 2.75) is 103 Å². The molecule has 0 amide bonds. The van der Waals surface area contributed by atoms with Crippen molar-refractivity contribution in [2.24, 2.45) is 23.2 Å². The Balaban J connectivity index is 1.72. The Hall–Kier alpha value is -1.39. The normalized spacial score (nSPS) is 33.0. The van der Waals surface area contributed by atoms with E-state index in [4.69, 9.17) is 13.6 Å². The van der Waals surface area contributed by atoms with E-state index in [1.165, 1.54) is 38.5 Å². The van der Waals surface area contributed by atoms with Gasteiger partial charge in [-0.15, -0.1) is 0 Å². The van der Waals surface area contributed by atoms with E-state index in [-0.39, 0.29) is 5.41 Å². The average molecular weight is 621 g/mol. The van der Waals surface area contributed by atoms with Gasteiger partial charge in [0.1, 0.15) is 0 Å². The van der Waals surface area contributed by atoms with Crippen LogP contribution in [0.25, 0.3) is 11.5 Å². The van der Waals surface area contributed by atoms with Crippen LogP contribution in [0.3, 0.4) is 0 Å². The minimum absolute atomic E-state index is 0.0249. The maximum atomic E-state index is 8.12. The molecule has 1 heterocycles. The maximum absolute atomic E-state index is 8.12. The highest BCUT2D eigenvalue weighted by atomic mass is 29.7. The van der Waals surface area contributed by atoms with Gasteiger partial charge in [0.2, 0.25) is 5.41 Å². The minimum Gasteiger partial charge on any atom is -0.539 e. The van der Waals surface area contributed by atoms with Gasteiger partial charge in [-0.05, 0) is 75.9 Å². The van der Waals surface area contributed by atoms with E-state index < -0.39 is 36.3 Å². The first-order chi connectivity index (χ1) is 19.1. The van der Waals surface area contributed by atoms with Gasteiger partial charge >= 0.3 is 0 Å². The summed E-state index contributed by atoms with van der Waals surface area (Å²) in [6.45, 7) is 22.8. The third-order valence-corrected chi connectivity index (χ3v) is 46.8. The first-order valence-corrected chi connectivity index (χ1v) is 30.3. The molecule has 1 atom stereocenters. The molecule has 2 aromatic rings. The lowest BCUT2D eigenvalue weighted by Gasteiger charge is -2.71. The fraction of sp³-hybridized carbons (Fsp3) is 0.588. The second-order valence-corrected chi connectivity index (χ2v) is 47.2. The van der Waals surface area contributed by atoms with Crippen LogP contribution in [-0.2, 0) is 13.6 Å². The van der Waals surface area contributed by atoms with E-state index in [1.807, 2.05) is 0 Å². The smallest absolute Gasteiger partial charge is 0.294 e. The van der Waals surface area contributed by atoms with Crippen LogP contribution < -0.4 is 0 Å². The number of rotatable bonds is 7. The highest BCUT2D eigenvalue weighted by molar-refractivity contribution is 7.67. The van der Waals surface area contributed by atoms with Gasteiger partial charge in [0.15, 0.2) is 19.8 Å². The van der Waals surface area contributed by atoms with Gasteiger partial charge in [0, 0.05) is 16.5 Å². The van der Waals surface area contributed by atoms with Crippen LogP contribution >= 0.6 is 0 Å². The lowest BCUT2D eigenvalue weighted by molar-refractivity contribution is -0.233. The summed E-state index contributed by atoms with van der Waals surface area (Å²) >= 11 is 0. The van der Waals surface area contributed by atoms with Crippen molar-refractivity contribution in [1.29, 1.82) is 0 Å². The van der Waals surface area contributed by atoms with Gasteiger partial charge in [0.05, 0.1) is 15.2 Å². The van der Waals surface area contributed by atoms with Crippen molar-refractivity contribution < 1.29 is 13.6 Å². The van der Waals surface area contributed by atoms with Crippen molar-refractivity contribution in [3.05, 3.63) is 71.8 Å². The van der Waals surface area contributed by atoms with Crippen molar-refractivity contribution in [1.82, 2.24) is 0 Å². The molecular formula is C34H52O3Si4. The van der Waals surface area contributed by atoms with Crippen molar-refractivity contribution in [2.75, 3.05) is 0 Å². The molecule has 7 rings (SSSR count). The fourth-order valence-electron chi connectivity index (χ4n) is 10.1. The summed E-state index contributed by atoms with van der Waals surface area (Å²) in [6, 6.07) is 21.6. The largest absolute Gasteiger partial charge is 0.539 e. The molecule has 5 aliphatic rings. The van der Waals surface area contributed by atoms with E-state index in [0.29, 0.717) is 0 Å². The highest BCUT2D eigenvalue weighted by Gasteiger charge is 2.82. The van der Waals surface area contributed by atoms with Crippen molar-refractivity contribution in [3.63, 3.8) is 0 Å². The summed E-state index contributed by atoms with van der Waals surface area (Å²) in [6.07, 6.45) is 7.98. The van der Waals surface area contributed by atoms with E-state index in [0.717, 1.165) is 40.4 Å². The zero-order chi connectivity index (χ0) is 29.5. The van der Waals surface area contributed by atoms with Crippen LogP contribution in [0, 0.1) is 23.2 Å². The van der Waals surface area contributed by atoms with Gasteiger partial charge < -0.3 is 13.6 Å². The zero-order valence-corrected chi connectivity index (χ0v) is 31.0. The SMILES string of the molecule is C[Si](C)(C)OC1(C23CC4CC(CC(C4)C2)C3)OC(c2ccccc2)=C(c2ccccc2)O[Si]1([Si](C)(C)C)[Si](C)(C)C. The Morgan fingerprint density at radius 3 is 1.44 bits per heavy atom. The molecule has 222 valence electrons. The van der Waals surface area contributed by atoms with Crippen LogP contribution in [0.1, 0.15) is 49.7 Å². The molecule has 3 nitrogen and oxygen atoms in total. The summed E-state index contributed by atoms with van der Waals surface area (Å²) in [4.78, 5) is 0. The second kappa shape index (κ2) is 9.81. The third kappa shape index (κ3) is 4.64. The van der Waals surface area contributed by atoms with Gasteiger partial charge in [-0.1, -0.05) is 99.9 Å². The predicted molar refractivity (Wildman–Crippen MR) is 182 cm³/mol. The van der Waals surface area contributed by atoms with E-state index in [1.54, 1.807) is 0 Å². The molecule has 2 aromatic carbocycles. The molecule has 4 bridgehead atoms. The number of hydrogen-bond donors (Lipinski definition) is 0. The monoisotopic (exact) mass is 620 g/mol. The van der Waals surface area contributed by atoms with Gasteiger partial charge in [0.25, 0.3) is 7.35 Å². The highest BCUT2D eigenvalue weighted by Crippen LogP contribution is 2.70. The van der Waals surface area contributed by atoms with Gasteiger partial charge in [-0.25, -0.2) is 0 Å². The molecule has 4 fully saturated rings.